The van der Waals surface area contributed by atoms with Crippen LogP contribution >= 0.6 is 0 Å². The van der Waals surface area contributed by atoms with Gasteiger partial charge < -0.3 is 21.8 Å². The summed E-state index contributed by atoms with van der Waals surface area (Å²) in [6.45, 7) is 11.2. The summed E-state index contributed by atoms with van der Waals surface area (Å²) in [5.74, 6) is 0. The summed E-state index contributed by atoms with van der Waals surface area (Å²) in [6.07, 6.45) is 8.41. The van der Waals surface area contributed by atoms with Crippen LogP contribution in [-0.4, -0.2) is 45.5 Å². The van der Waals surface area contributed by atoms with E-state index in [1.807, 2.05) is 0 Å². The van der Waals surface area contributed by atoms with Crippen LogP contribution < -0.4 is 0 Å². The van der Waals surface area contributed by atoms with Crippen molar-refractivity contribution in [3.8, 4) is 0 Å². The van der Waals surface area contributed by atoms with E-state index in [-0.39, 0.29) is 0 Å². The maximum Gasteiger partial charge on any atom is 0.670 e. The lowest BCUT2D eigenvalue weighted by Crippen LogP contribution is -2.51. The average Bonchev–Trinajstić information content (AvgIpc) is 2.55. The minimum absolute atomic E-state index is 0.629. The monoisotopic (exact) mass is 366 g/mol. The Kier molecular flexibility index (Phi) is 17.2. The minimum Gasteiger partial charge on any atom is -0.399 e. The van der Waals surface area contributed by atoms with Gasteiger partial charge in [-0.2, -0.15) is 0 Å². The third-order valence-corrected chi connectivity index (χ3v) is 7.31. The number of unbranched alkanes of at least 4 members (excludes halogenated alkanes) is 4. The molecule has 0 amide bonds. The van der Waals surface area contributed by atoms with Crippen LogP contribution in [0.1, 0.15) is 79.1 Å². The highest BCUT2D eigenvalue weighted by molar-refractivity contribution is 6.59. The molecule has 7 heteroatoms. The smallest absolute Gasteiger partial charge is 0.399 e. The quantitative estimate of drug-likeness (QED) is 0.273. The molecule has 140 valence electrons. The Bertz CT molecular complexity index is 218. The summed E-state index contributed by atoms with van der Waals surface area (Å²) in [7, 11) is -4.16. The van der Waals surface area contributed by atoms with Crippen LogP contribution in [0, 0.1) is 0 Å². The van der Waals surface area contributed by atoms with Gasteiger partial charge in [-0.05, 0) is 25.7 Å². The Morgan fingerprint density at radius 3 is 1.39 bits per heavy atom. The molecular weight excluding hydrogens is 328 g/mol. The van der Waals surface area contributed by atoms with Gasteiger partial charge in [0.1, 0.15) is 0 Å². The van der Waals surface area contributed by atoms with Gasteiger partial charge in [0.25, 0.3) is 10.0 Å². The fourth-order valence-electron chi connectivity index (χ4n) is 1.69. The third kappa shape index (κ3) is 13.2. The third-order valence-electron chi connectivity index (χ3n) is 3.29. The summed E-state index contributed by atoms with van der Waals surface area (Å²) < 4.78 is 29.7. The lowest BCUT2D eigenvalue weighted by molar-refractivity contribution is -0.00643. The average molecular weight is 367 g/mol. The Morgan fingerprint density at radius 1 is 0.609 bits per heavy atom. The van der Waals surface area contributed by atoms with E-state index in [9.17, 15) is 0 Å². The van der Waals surface area contributed by atoms with Crippen LogP contribution in [0.2, 0.25) is 0 Å². The molecule has 5 nitrogen and oxygen atoms in total. The minimum atomic E-state index is -3.03. The van der Waals surface area contributed by atoms with E-state index < -0.39 is 19.1 Å². The molecule has 0 heterocycles. The first-order valence-electron chi connectivity index (χ1n) is 9.38. The van der Waals surface area contributed by atoms with E-state index in [0.29, 0.717) is 19.8 Å². The van der Waals surface area contributed by atoms with Gasteiger partial charge in [-0.1, -0.05) is 53.4 Å². The molecule has 0 aromatic carbocycles. The van der Waals surface area contributed by atoms with Gasteiger partial charge >= 0.3 is 9.05 Å². The van der Waals surface area contributed by atoms with Crippen molar-refractivity contribution in [1.29, 1.82) is 0 Å². The number of hydrogen-bond donors (Lipinski definition) is 0. The van der Waals surface area contributed by atoms with Crippen LogP contribution in [-0.2, 0) is 21.8 Å². The van der Waals surface area contributed by atoms with Crippen LogP contribution in [0.25, 0.3) is 0 Å². The maximum absolute atomic E-state index is 6.00. The first-order valence-corrected chi connectivity index (χ1v) is 12.2. The molecule has 0 bridgehead atoms. The number of hydrogen-bond acceptors (Lipinski definition) is 5. The summed E-state index contributed by atoms with van der Waals surface area (Å²) in [5.41, 5.74) is 0. The molecule has 0 aromatic heterocycles. The van der Waals surface area contributed by atoms with Crippen molar-refractivity contribution < 1.29 is 21.8 Å². The van der Waals surface area contributed by atoms with Gasteiger partial charge in [-0.25, -0.2) is 0 Å². The van der Waals surface area contributed by atoms with Gasteiger partial charge in [0, 0.05) is 26.4 Å². The molecule has 0 aliphatic rings. The lowest BCUT2D eigenvalue weighted by atomic mass is 10.4. The van der Waals surface area contributed by atoms with E-state index in [1.165, 1.54) is 0 Å². The van der Waals surface area contributed by atoms with Crippen molar-refractivity contribution in [2.24, 2.45) is 0 Å². The van der Waals surface area contributed by atoms with Gasteiger partial charge in [-0.3, -0.25) is 0 Å². The molecule has 0 spiro atoms. The van der Waals surface area contributed by atoms with Crippen molar-refractivity contribution in [1.82, 2.24) is 0 Å². The molecule has 0 fully saturated rings. The van der Waals surface area contributed by atoms with Crippen LogP contribution in [0.3, 0.4) is 0 Å². The Hall–Kier alpha value is 0.234. The normalized spacial score (nSPS) is 12.5. The van der Waals surface area contributed by atoms with E-state index >= 15 is 0 Å². The predicted octanol–water partition coefficient (Wildman–Crippen LogP) is 3.70. The zero-order chi connectivity index (χ0) is 17.2. The Labute approximate surface area is 146 Å². The zero-order valence-corrected chi connectivity index (χ0v) is 18.1. The molecule has 23 heavy (non-hydrogen) atoms. The van der Waals surface area contributed by atoms with Crippen molar-refractivity contribution in [2.75, 3.05) is 26.4 Å². The van der Waals surface area contributed by atoms with Crippen LogP contribution in [0.4, 0.5) is 0 Å². The van der Waals surface area contributed by atoms with Crippen molar-refractivity contribution in [3.63, 3.8) is 0 Å². The summed E-state index contributed by atoms with van der Waals surface area (Å²) in [5, 5.41) is 0. The van der Waals surface area contributed by atoms with E-state index in [2.05, 4.69) is 27.7 Å². The van der Waals surface area contributed by atoms with Crippen molar-refractivity contribution >= 4 is 19.1 Å². The molecule has 0 saturated carbocycles. The first-order chi connectivity index (χ1) is 11.2. The molecule has 0 N–H and O–H groups in total. The lowest BCUT2D eigenvalue weighted by Gasteiger charge is -2.28. The predicted molar refractivity (Wildman–Crippen MR) is 98.8 cm³/mol. The SMILES string of the molecule is CCCCO[SiH2]O[Si](OCCCC)(OCCCC)OCCCC. The second kappa shape index (κ2) is 17.1. The summed E-state index contributed by atoms with van der Waals surface area (Å²) in [4.78, 5) is 0. The Balaban J connectivity index is 4.52. The molecule has 0 aliphatic carbocycles. The zero-order valence-electron chi connectivity index (χ0n) is 15.7. The topological polar surface area (TPSA) is 46.2 Å². The molecule has 0 radical (unpaired) electrons. The molecule has 0 atom stereocenters. The van der Waals surface area contributed by atoms with E-state index in [0.717, 1.165) is 58.0 Å². The van der Waals surface area contributed by atoms with Gasteiger partial charge in [0.15, 0.2) is 0 Å². The molecule has 0 unspecified atom stereocenters. The van der Waals surface area contributed by atoms with Gasteiger partial charge in [0.2, 0.25) is 0 Å². The van der Waals surface area contributed by atoms with Crippen molar-refractivity contribution in [2.45, 2.75) is 79.1 Å². The van der Waals surface area contributed by atoms with Gasteiger partial charge in [-0.15, -0.1) is 0 Å². The fourth-order valence-corrected chi connectivity index (χ4v) is 5.36. The van der Waals surface area contributed by atoms with Crippen LogP contribution in [0.15, 0.2) is 0 Å². The Morgan fingerprint density at radius 2 is 1.00 bits per heavy atom. The second-order valence-corrected chi connectivity index (χ2v) is 9.29. The van der Waals surface area contributed by atoms with E-state index in [1.54, 1.807) is 0 Å². The second-order valence-electron chi connectivity index (χ2n) is 5.63. The maximum atomic E-state index is 6.00. The highest BCUT2D eigenvalue weighted by Crippen LogP contribution is 2.14. The highest BCUT2D eigenvalue weighted by Gasteiger charge is 2.45. The molecule has 0 aliphatic heterocycles. The largest absolute Gasteiger partial charge is 0.670 e. The summed E-state index contributed by atoms with van der Waals surface area (Å²) in [6, 6.07) is 0. The van der Waals surface area contributed by atoms with Crippen LogP contribution in [0.5, 0.6) is 0 Å². The van der Waals surface area contributed by atoms with Gasteiger partial charge in [0.05, 0.1) is 0 Å². The van der Waals surface area contributed by atoms with Crippen molar-refractivity contribution in [3.05, 3.63) is 0 Å². The molecule has 0 aromatic rings. The number of rotatable bonds is 18. The first kappa shape index (κ1) is 23.2. The molecular formula is C16H38O5Si2. The molecule has 0 rings (SSSR count). The molecule has 0 saturated heterocycles. The highest BCUT2D eigenvalue weighted by atomic mass is 28.4. The summed E-state index contributed by atoms with van der Waals surface area (Å²) >= 11 is 0. The van der Waals surface area contributed by atoms with E-state index in [4.69, 9.17) is 21.8 Å². The standard InChI is InChI=1S/C16H38O5Si2/c1-5-9-13-17-22-21-23(18-14-10-6-2,19-15-11-7-3)20-16-12-8-4/h5-16,22H2,1-4H3. The fraction of sp³-hybridized carbons (Fsp3) is 1.00.